The summed E-state index contributed by atoms with van der Waals surface area (Å²) in [5.74, 6) is 1.58. The monoisotopic (exact) mass is 361 g/mol. The predicted molar refractivity (Wildman–Crippen MR) is 109 cm³/mol. The van der Waals surface area contributed by atoms with Crippen LogP contribution in [0.1, 0.15) is 75.5 Å². The van der Waals surface area contributed by atoms with E-state index < -0.39 is 0 Å². The number of rotatable bonds is 2. The highest BCUT2D eigenvalue weighted by atomic mass is 16.7. The van der Waals surface area contributed by atoms with Crippen LogP contribution in [-0.4, -0.2) is 23.3 Å². The zero-order chi connectivity index (χ0) is 19.0. The van der Waals surface area contributed by atoms with Crippen LogP contribution in [-0.2, 0) is 9.31 Å². The number of aromatic nitrogens is 1. The first-order valence-corrected chi connectivity index (χ1v) is 10.2. The summed E-state index contributed by atoms with van der Waals surface area (Å²) in [7, 11) is -0.356. The Labute approximate surface area is 162 Å². The minimum Gasteiger partial charge on any atom is -0.399 e. The van der Waals surface area contributed by atoms with Crippen molar-refractivity contribution >= 4 is 12.6 Å². The summed E-state index contributed by atoms with van der Waals surface area (Å²) in [5, 5.41) is 0. The van der Waals surface area contributed by atoms with Crippen LogP contribution in [0.4, 0.5) is 0 Å². The second kappa shape index (κ2) is 5.68. The normalized spacial score (nSPS) is 27.2. The average Bonchev–Trinajstić information content (AvgIpc) is 3.27. The highest BCUT2D eigenvalue weighted by Gasteiger charge is 2.51. The molecule has 0 N–H and O–H groups in total. The van der Waals surface area contributed by atoms with Gasteiger partial charge in [-0.15, -0.1) is 0 Å². The van der Waals surface area contributed by atoms with E-state index in [1.807, 2.05) is 6.20 Å². The van der Waals surface area contributed by atoms with Crippen molar-refractivity contribution in [1.82, 2.24) is 4.98 Å². The summed E-state index contributed by atoms with van der Waals surface area (Å²) >= 11 is 0. The van der Waals surface area contributed by atoms with Crippen molar-refractivity contribution in [1.29, 1.82) is 0 Å². The Morgan fingerprint density at radius 3 is 2.30 bits per heavy atom. The molecular weight excluding hydrogens is 333 g/mol. The predicted octanol–water partition coefficient (Wildman–Crippen LogP) is 4.72. The quantitative estimate of drug-likeness (QED) is 0.726. The van der Waals surface area contributed by atoms with Gasteiger partial charge >= 0.3 is 7.12 Å². The van der Waals surface area contributed by atoms with Crippen molar-refractivity contribution in [3.05, 3.63) is 47.2 Å². The van der Waals surface area contributed by atoms with E-state index in [0.29, 0.717) is 0 Å². The van der Waals surface area contributed by atoms with Gasteiger partial charge in [0.05, 0.1) is 16.9 Å². The Hall–Kier alpha value is -1.65. The van der Waals surface area contributed by atoms with Crippen molar-refractivity contribution in [3.8, 4) is 11.3 Å². The third-order valence-electron chi connectivity index (χ3n) is 7.30. The zero-order valence-corrected chi connectivity index (χ0v) is 17.0. The molecule has 2 bridgehead atoms. The lowest BCUT2D eigenvalue weighted by Crippen LogP contribution is -2.41. The Kier molecular flexibility index (Phi) is 3.67. The first-order chi connectivity index (χ1) is 12.7. The molecule has 2 atom stereocenters. The molecule has 1 aromatic heterocycles. The van der Waals surface area contributed by atoms with Crippen LogP contribution < -0.4 is 5.46 Å². The summed E-state index contributed by atoms with van der Waals surface area (Å²) in [6.45, 7) is 10.5. The number of nitrogens with zero attached hydrogens (tertiary/aromatic N) is 1. The van der Waals surface area contributed by atoms with Gasteiger partial charge in [0.25, 0.3) is 0 Å². The summed E-state index contributed by atoms with van der Waals surface area (Å²) in [6, 6.07) is 9.16. The fourth-order valence-electron chi connectivity index (χ4n) is 5.00. The van der Waals surface area contributed by atoms with Gasteiger partial charge in [-0.1, -0.05) is 18.2 Å². The van der Waals surface area contributed by atoms with Gasteiger partial charge in [-0.3, -0.25) is 4.98 Å². The SMILES string of the molecule is Cc1cc(B2OC(C)(C)C(C)(C)O2)cnc1-c1ccc2c(c1)C1CCC2C1. The molecule has 140 valence electrons. The zero-order valence-electron chi connectivity index (χ0n) is 17.0. The largest absolute Gasteiger partial charge is 0.496 e. The topological polar surface area (TPSA) is 31.4 Å². The summed E-state index contributed by atoms with van der Waals surface area (Å²) in [4.78, 5) is 4.82. The van der Waals surface area contributed by atoms with Crippen molar-refractivity contribution in [2.75, 3.05) is 0 Å². The Morgan fingerprint density at radius 1 is 0.963 bits per heavy atom. The third kappa shape index (κ3) is 2.60. The van der Waals surface area contributed by atoms with E-state index in [1.54, 1.807) is 11.1 Å². The lowest BCUT2D eigenvalue weighted by Gasteiger charge is -2.32. The Balaban J connectivity index is 1.46. The molecule has 3 aliphatic rings. The van der Waals surface area contributed by atoms with Crippen molar-refractivity contribution in [2.45, 2.75) is 76.9 Å². The molecular formula is C23H28BNO2. The molecule has 4 heteroatoms. The number of hydrogen-bond donors (Lipinski definition) is 0. The van der Waals surface area contributed by atoms with Gasteiger partial charge in [-0.25, -0.2) is 0 Å². The van der Waals surface area contributed by atoms with E-state index >= 15 is 0 Å². The molecule has 5 rings (SSSR count). The summed E-state index contributed by atoms with van der Waals surface area (Å²) in [5.41, 5.74) is 6.97. The molecule has 1 aliphatic heterocycles. The van der Waals surface area contributed by atoms with E-state index in [-0.39, 0.29) is 18.3 Å². The van der Waals surface area contributed by atoms with Gasteiger partial charge in [-0.05, 0) is 88.5 Å². The van der Waals surface area contributed by atoms with Crippen molar-refractivity contribution < 1.29 is 9.31 Å². The number of pyridine rings is 1. The molecule has 0 radical (unpaired) electrons. The van der Waals surface area contributed by atoms with Crippen LogP contribution in [0, 0.1) is 6.92 Å². The highest BCUT2D eigenvalue weighted by molar-refractivity contribution is 6.62. The van der Waals surface area contributed by atoms with Crippen LogP contribution in [0.25, 0.3) is 11.3 Å². The van der Waals surface area contributed by atoms with Crippen LogP contribution in [0.2, 0.25) is 0 Å². The van der Waals surface area contributed by atoms with Crippen molar-refractivity contribution in [2.24, 2.45) is 0 Å². The van der Waals surface area contributed by atoms with E-state index in [9.17, 15) is 0 Å². The highest BCUT2D eigenvalue weighted by Crippen LogP contribution is 2.53. The first-order valence-electron chi connectivity index (χ1n) is 10.2. The van der Waals surface area contributed by atoms with E-state index in [1.165, 1.54) is 30.4 Å². The Bertz CT molecular complexity index is 905. The molecule has 1 aromatic carbocycles. The number of fused-ring (bicyclic) bond motifs is 5. The third-order valence-corrected chi connectivity index (χ3v) is 7.30. The molecule has 2 heterocycles. The van der Waals surface area contributed by atoms with Crippen LogP contribution in [0.15, 0.2) is 30.5 Å². The van der Waals surface area contributed by atoms with Gasteiger partial charge in [0.15, 0.2) is 0 Å². The Morgan fingerprint density at radius 2 is 1.63 bits per heavy atom. The maximum atomic E-state index is 6.18. The van der Waals surface area contributed by atoms with Gasteiger partial charge in [-0.2, -0.15) is 0 Å². The van der Waals surface area contributed by atoms with Crippen LogP contribution in [0.5, 0.6) is 0 Å². The average molecular weight is 361 g/mol. The van der Waals surface area contributed by atoms with E-state index in [0.717, 1.165) is 23.0 Å². The minimum atomic E-state index is -0.356. The lowest BCUT2D eigenvalue weighted by atomic mass is 9.79. The second-order valence-electron chi connectivity index (χ2n) is 9.57. The minimum absolute atomic E-state index is 0.330. The molecule has 0 amide bonds. The molecule has 3 nitrogen and oxygen atoms in total. The fraction of sp³-hybridized carbons (Fsp3) is 0.522. The molecule has 1 saturated carbocycles. The van der Waals surface area contributed by atoms with Gasteiger partial charge in [0.2, 0.25) is 0 Å². The molecule has 0 spiro atoms. The molecule has 2 fully saturated rings. The van der Waals surface area contributed by atoms with E-state index in [2.05, 4.69) is 58.9 Å². The molecule has 27 heavy (non-hydrogen) atoms. The summed E-state index contributed by atoms with van der Waals surface area (Å²) < 4.78 is 12.4. The molecule has 2 unspecified atom stereocenters. The second-order valence-corrected chi connectivity index (χ2v) is 9.57. The number of benzene rings is 1. The standard InChI is InChI=1S/C23H28BNO2/c1-14-10-18(24-26-22(2,3)23(4,5)27-24)13-25-21(14)17-8-9-19-15-6-7-16(11-15)20(19)12-17/h8-10,12-13,15-16H,6-7,11H2,1-5H3. The van der Waals surface area contributed by atoms with Gasteiger partial charge in [0, 0.05) is 17.2 Å². The van der Waals surface area contributed by atoms with Crippen LogP contribution in [0.3, 0.4) is 0 Å². The van der Waals surface area contributed by atoms with Gasteiger partial charge < -0.3 is 9.31 Å². The van der Waals surface area contributed by atoms with Gasteiger partial charge in [0.1, 0.15) is 0 Å². The first kappa shape index (κ1) is 17.5. The van der Waals surface area contributed by atoms with E-state index in [4.69, 9.17) is 14.3 Å². The molecule has 2 aromatic rings. The van der Waals surface area contributed by atoms with Crippen molar-refractivity contribution in [3.63, 3.8) is 0 Å². The smallest absolute Gasteiger partial charge is 0.399 e. The number of aryl methyl sites for hydroxylation is 1. The fourth-order valence-corrected chi connectivity index (χ4v) is 5.00. The molecule has 1 saturated heterocycles. The van der Waals surface area contributed by atoms with Crippen LogP contribution >= 0.6 is 0 Å². The maximum absolute atomic E-state index is 6.18. The number of hydrogen-bond acceptors (Lipinski definition) is 3. The summed E-state index contributed by atoms with van der Waals surface area (Å²) in [6.07, 6.45) is 6.00. The molecule has 2 aliphatic carbocycles. The maximum Gasteiger partial charge on any atom is 0.496 e. The lowest BCUT2D eigenvalue weighted by molar-refractivity contribution is 0.00578.